The molecule has 0 aliphatic heterocycles. The van der Waals surface area contributed by atoms with E-state index in [0.29, 0.717) is 25.9 Å². The Hall–Kier alpha value is -1.54. The molecule has 156 valence electrons. The number of carbonyl (C=O) groups is 1. The van der Waals surface area contributed by atoms with E-state index in [1.807, 2.05) is 13.0 Å². The van der Waals surface area contributed by atoms with Crippen molar-refractivity contribution in [3.8, 4) is 0 Å². The van der Waals surface area contributed by atoms with Crippen LogP contribution in [0.5, 0.6) is 0 Å². The lowest BCUT2D eigenvalue weighted by molar-refractivity contribution is 0.102. The van der Waals surface area contributed by atoms with Crippen LogP contribution in [0.15, 0.2) is 34.1 Å². The molecule has 0 atom stereocenters. The fourth-order valence-corrected chi connectivity index (χ4v) is 3.97. The molecule has 0 saturated carbocycles. The lowest BCUT2D eigenvalue weighted by Gasteiger charge is -2.17. The molecule has 0 unspecified atom stereocenters. The van der Waals surface area contributed by atoms with Crippen LogP contribution in [0.1, 0.15) is 35.8 Å². The number of unbranched alkanes of at least 4 members (excludes halogenated alkanes) is 1. The van der Waals surface area contributed by atoms with E-state index in [9.17, 15) is 9.59 Å². The second-order valence-electron chi connectivity index (χ2n) is 6.49. The lowest BCUT2D eigenvalue weighted by Crippen LogP contribution is -2.30. The molecule has 0 saturated heterocycles. The van der Waals surface area contributed by atoms with Crippen LogP contribution in [0.2, 0.25) is 10.0 Å². The number of thioether (sulfide) groups is 1. The highest BCUT2D eigenvalue weighted by Crippen LogP contribution is 2.26. The second kappa shape index (κ2) is 10.5. The lowest BCUT2D eigenvalue weighted by atomic mass is 10.1. The van der Waals surface area contributed by atoms with Gasteiger partial charge in [0.05, 0.1) is 26.5 Å². The van der Waals surface area contributed by atoms with E-state index in [1.165, 1.54) is 16.3 Å². The van der Waals surface area contributed by atoms with Crippen LogP contribution < -0.4 is 11.0 Å². The normalized spacial score (nSPS) is 11.6. The highest BCUT2D eigenvalue weighted by atomic mass is 35.5. The summed E-state index contributed by atoms with van der Waals surface area (Å²) in [6.45, 7) is 3.91. The highest BCUT2D eigenvalue weighted by molar-refractivity contribution is 8.03. The molecule has 0 fully saturated rings. The van der Waals surface area contributed by atoms with Crippen LogP contribution in [0.4, 0.5) is 5.69 Å². The van der Waals surface area contributed by atoms with Crippen LogP contribution in [0.25, 0.3) is 0 Å². The first-order valence-corrected chi connectivity index (χ1v) is 11.2. The summed E-state index contributed by atoms with van der Waals surface area (Å²) in [6.07, 6.45) is 3.85. The van der Waals surface area contributed by atoms with E-state index < -0.39 is 0 Å². The van der Waals surface area contributed by atoms with E-state index in [4.69, 9.17) is 35.4 Å². The SMILES string of the molecule is CCC/C=C(/Nc1c(C)n(C)c(=O)n(C)c1=S)SCC(=O)c1ccc(Cl)c(Cl)c1. The van der Waals surface area contributed by atoms with Crippen molar-refractivity contribution in [1.82, 2.24) is 9.13 Å². The molecule has 2 rings (SSSR count). The molecule has 0 aliphatic carbocycles. The summed E-state index contributed by atoms with van der Waals surface area (Å²) in [5.74, 6) is 0.170. The van der Waals surface area contributed by atoms with E-state index >= 15 is 0 Å². The molecule has 2 aromatic rings. The Kier molecular flexibility index (Phi) is 8.58. The Labute approximate surface area is 189 Å². The maximum Gasteiger partial charge on any atom is 0.328 e. The number of halogens is 2. The molecule has 0 amide bonds. The van der Waals surface area contributed by atoms with E-state index in [2.05, 4.69) is 12.2 Å². The summed E-state index contributed by atoms with van der Waals surface area (Å²) in [4.78, 5) is 24.8. The number of rotatable bonds is 8. The smallest absolute Gasteiger partial charge is 0.328 e. The molecular formula is C20H23Cl2N3O2S2. The number of benzene rings is 1. The maximum atomic E-state index is 12.6. The molecule has 5 nitrogen and oxygen atoms in total. The van der Waals surface area contributed by atoms with Gasteiger partial charge < -0.3 is 5.32 Å². The van der Waals surface area contributed by atoms with Crippen molar-refractivity contribution in [2.75, 3.05) is 11.1 Å². The quantitative estimate of drug-likeness (QED) is 0.392. The summed E-state index contributed by atoms with van der Waals surface area (Å²) < 4.78 is 3.39. The largest absolute Gasteiger partial charge is 0.347 e. The molecule has 0 aliphatic rings. The van der Waals surface area contributed by atoms with Gasteiger partial charge in [-0.1, -0.05) is 54.8 Å². The molecule has 9 heteroatoms. The van der Waals surface area contributed by atoms with E-state index in [0.717, 1.165) is 23.6 Å². The van der Waals surface area contributed by atoms with Crippen molar-refractivity contribution >= 4 is 58.7 Å². The first-order valence-electron chi connectivity index (χ1n) is 9.02. The van der Waals surface area contributed by atoms with Crippen LogP contribution in [-0.4, -0.2) is 20.7 Å². The Morgan fingerprint density at radius 1 is 1.24 bits per heavy atom. The molecular weight excluding hydrogens is 449 g/mol. The number of nitrogens with zero attached hydrogens (tertiary/aromatic N) is 2. The van der Waals surface area contributed by atoms with Gasteiger partial charge in [0.15, 0.2) is 5.78 Å². The number of anilines is 1. The summed E-state index contributed by atoms with van der Waals surface area (Å²) in [5, 5.41) is 4.91. The van der Waals surface area contributed by atoms with Crippen molar-refractivity contribution in [2.24, 2.45) is 14.1 Å². The third-order valence-corrected chi connectivity index (χ3v) is 6.63. The van der Waals surface area contributed by atoms with Gasteiger partial charge in [-0.2, -0.15) is 0 Å². The Morgan fingerprint density at radius 3 is 2.55 bits per heavy atom. The van der Waals surface area contributed by atoms with E-state index in [1.54, 1.807) is 36.9 Å². The van der Waals surface area contributed by atoms with Crippen LogP contribution >= 0.6 is 47.2 Å². The van der Waals surface area contributed by atoms with Crippen LogP contribution in [0.3, 0.4) is 0 Å². The molecule has 1 N–H and O–H groups in total. The summed E-state index contributed by atoms with van der Waals surface area (Å²) in [7, 11) is 3.35. The standard InChI is InChI=1S/C20H23Cl2N3O2S2/c1-5-6-7-17(23-18-12(2)24(3)20(27)25(4)19(18)28)29-11-16(26)13-8-9-14(21)15(22)10-13/h7-10,23H,5-6,11H2,1-4H3/b17-7-. The van der Waals surface area contributed by atoms with Gasteiger partial charge in [0.25, 0.3) is 0 Å². The Bertz CT molecular complexity index is 1070. The zero-order valence-corrected chi connectivity index (χ0v) is 19.9. The molecule has 0 spiro atoms. The Morgan fingerprint density at radius 2 is 1.93 bits per heavy atom. The second-order valence-corrected chi connectivity index (χ2v) is 8.71. The predicted molar refractivity (Wildman–Crippen MR) is 126 cm³/mol. The monoisotopic (exact) mass is 471 g/mol. The molecule has 0 radical (unpaired) electrons. The highest BCUT2D eigenvalue weighted by Gasteiger charge is 2.14. The van der Waals surface area contributed by atoms with Gasteiger partial charge in [-0.3, -0.25) is 13.9 Å². The fraction of sp³-hybridized carbons (Fsp3) is 0.350. The van der Waals surface area contributed by atoms with Gasteiger partial charge in [-0.05, 0) is 31.5 Å². The zero-order chi connectivity index (χ0) is 21.7. The molecule has 1 aromatic carbocycles. The first-order chi connectivity index (χ1) is 13.7. The average molecular weight is 472 g/mol. The fourth-order valence-electron chi connectivity index (χ4n) is 2.53. The van der Waals surface area contributed by atoms with Gasteiger partial charge in [0.1, 0.15) is 4.64 Å². The zero-order valence-electron chi connectivity index (χ0n) is 16.7. The summed E-state index contributed by atoms with van der Waals surface area (Å²) >= 11 is 18.8. The minimum absolute atomic E-state index is 0.0564. The number of hydrogen-bond donors (Lipinski definition) is 1. The summed E-state index contributed by atoms with van der Waals surface area (Å²) in [6, 6.07) is 4.86. The molecule has 1 aromatic heterocycles. The van der Waals surface area contributed by atoms with Crippen LogP contribution in [-0.2, 0) is 14.1 Å². The number of carbonyl (C=O) groups excluding carboxylic acids is 1. The first kappa shape index (κ1) is 23.7. The van der Waals surface area contributed by atoms with Gasteiger partial charge >= 0.3 is 5.69 Å². The minimum Gasteiger partial charge on any atom is -0.347 e. The summed E-state index contributed by atoms with van der Waals surface area (Å²) in [5.41, 5.74) is 1.74. The van der Waals surface area contributed by atoms with Gasteiger partial charge in [0, 0.05) is 25.4 Å². The number of aromatic nitrogens is 2. The van der Waals surface area contributed by atoms with Crippen molar-refractivity contribution in [2.45, 2.75) is 26.7 Å². The van der Waals surface area contributed by atoms with Crippen molar-refractivity contribution in [3.63, 3.8) is 0 Å². The van der Waals surface area contributed by atoms with Gasteiger partial charge in [-0.15, -0.1) is 11.8 Å². The van der Waals surface area contributed by atoms with Crippen molar-refractivity contribution in [3.05, 3.63) is 65.7 Å². The van der Waals surface area contributed by atoms with Crippen molar-refractivity contribution < 1.29 is 4.79 Å². The van der Waals surface area contributed by atoms with E-state index in [-0.39, 0.29) is 17.2 Å². The maximum absolute atomic E-state index is 12.6. The third kappa shape index (κ3) is 5.75. The predicted octanol–water partition coefficient (Wildman–Crippen LogP) is 5.74. The topological polar surface area (TPSA) is 56.0 Å². The number of Topliss-reactive ketones (excluding diaryl/α,β-unsaturated/α-hetero) is 1. The third-order valence-electron chi connectivity index (χ3n) is 4.42. The number of nitrogens with one attached hydrogen (secondary N) is 1. The molecule has 1 heterocycles. The van der Waals surface area contributed by atoms with Gasteiger partial charge in [-0.25, -0.2) is 4.79 Å². The van der Waals surface area contributed by atoms with Crippen LogP contribution in [0, 0.1) is 11.6 Å². The van der Waals surface area contributed by atoms with Crippen molar-refractivity contribution in [1.29, 1.82) is 0 Å². The average Bonchev–Trinajstić information content (AvgIpc) is 2.71. The molecule has 29 heavy (non-hydrogen) atoms. The van der Waals surface area contributed by atoms with Gasteiger partial charge in [0.2, 0.25) is 0 Å². The number of allylic oxidation sites excluding steroid dienone is 1. The molecule has 0 bridgehead atoms. The number of ketones is 1. The Balaban J connectivity index is 2.25. The minimum atomic E-state index is -0.181. The number of hydrogen-bond acceptors (Lipinski definition) is 5.